The number of rotatable bonds is 4. The molecule has 104 valence electrons. The first kappa shape index (κ1) is 13.0. The number of ether oxygens (including phenoxy) is 1. The number of allylic oxidation sites excluding steroid dienone is 1. The van der Waals surface area contributed by atoms with Crippen molar-refractivity contribution >= 4 is 0 Å². The maximum atomic E-state index is 5.84. The summed E-state index contributed by atoms with van der Waals surface area (Å²) in [5.41, 5.74) is 6.85. The average molecular weight is 271 g/mol. The fourth-order valence-corrected chi connectivity index (χ4v) is 2.43. The normalized spacial score (nSPS) is 23.1. The highest BCUT2D eigenvalue weighted by Crippen LogP contribution is 2.29. The van der Waals surface area contributed by atoms with Crippen molar-refractivity contribution in [3.8, 4) is 0 Å². The molecule has 0 spiro atoms. The van der Waals surface area contributed by atoms with E-state index in [4.69, 9.17) is 15.0 Å². The number of benzene rings is 1. The number of methoxy groups -OCH3 is 1. The topological polar surface area (TPSA) is 74.2 Å². The van der Waals surface area contributed by atoms with Crippen LogP contribution in [0.5, 0.6) is 0 Å². The van der Waals surface area contributed by atoms with E-state index in [1.807, 2.05) is 42.5 Å². The first-order valence-electron chi connectivity index (χ1n) is 6.63. The minimum absolute atomic E-state index is 0.0719. The van der Waals surface area contributed by atoms with E-state index in [0.717, 1.165) is 12.0 Å². The van der Waals surface area contributed by atoms with E-state index in [2.05, 4.69) is 10.1 Å². The maximum absolute atomic E-state index is 5.84. The molecule has 3 unspecified atom stereocenters. The Balaban J connectivity index is 1.83. The molecule has 1 aliphatic rings. The second-order valence-corrected chi connectivity index (χ2v) is 4.91. The summed E-state index contributed by atoms with van der Waals surface area (Å²) in [6.07, 6.45) is 4.49. The molecule has 0 radical (unpaired) electrons. The Morgan fingerprint density at radius 2 is 2.10 bits per heavy atom. The first-order chi connectivity index (χ1) is 9.78. The van der Waals surface area contributed by atoms with E-state index >= 15 is 0 Å². The predicted molar refractivity (Wildman–Crippen MR) is 74.1 cm³/mol. The molecule has 1 aromatic heterocycles. The summed E-state index contributed by atoms with van der Waals surface area (Å²) in [4.78, 5) is 4.46. The van der Waals surface area contributed by atoms with E-state index in [9.17, 15) is 0 Å². The minimum atomic E-state index is -0.312. The molecule has 3 rings (SSSR count). The van der Waals surface area contributed by atoms with Crippen LogP contribution in [0.1, 0.15) is 35.7 Å². The van der Waals surface area contributed by atoms with Crippen molar-refractivity contribution in [3.05, 3.63) is 59.8 Å². The molecule has 0 bridgehead atoms. The lowest BCUT2D eigenvalue weighted by atomic mass is 10.1. The molecule has 0 saturated heterocycles. The van der Waals surface area contributed by atoms with Crippen LogP contribution in [0.3, 0.4) is 0 Å². The van der Waals surface area contributed by atoms with Crippen LogP contribution in [0.25, 0.3) is 0 Å². The molecule has 0 saturated carbocycles. The summed E-state index contributed by atoms with van der Waals surface area (Å²) in [6.45, 7) is 0. The van der Waals surface area contributed by atoms with Crippen molar-refractivity contribution < 1.29 is 9.26 Å². The molecule has 1 aliphatic carbocycles. The predicted octanol–water partition coefficient (Wildman–Crippen LogP) is 2.18. The maximum Gasteiger partial charge on any atom is 0.233 e. The van der Waals surface area contributed by atoms with Gasteiger partial charge in [-0.3, -0.25) is 0 Å². The Morgan fingerprint density at radius 1 is 1.30 bits per heavy atom. The summed E-state index contributed by atoms with van der Waals surface area (Å²) >= 11 is 0. The summed E-state index contributed by atoms with van der Waals surface area (Å²) < 4.78 is 10.8. The van der Waals surface area contributed by atoms with Gasteiger partial charge in [-0.05, 0) is 12.0 Å². The van der Waals surface area contributed by atoms with Gasteiger partial charge >= 0.3 is 0 Å². The van der Waals surface area contributed by atoms with E-state index in [1.54, 1.807) is 7.11 Å². The molecule has 0 amide bonds. The van der Waals surface area contributed by atoms with Crippen LogP contribution in [-0.2, 0) is 4.74 Å². The molecule has 2 aromatic rings. The fraction of sp³-hybridized carbons (Fsp3) is 0.333. The number of hydrogen-bond donors (Lipinski definition) is 1. The third-order valence-electron chi connectivity index (χ3n) is 3.46. The minimum Gasteiger partial charge on any atom is -0.369 e. The zero-order valence-corrected chi connectivity index (χ0v) is 11.3. The molecular formula is C15H17N3O2. The van der Waals surface area contributed by atoms with Crippen molar-refractivity contribution in [2.24, 2.45) is 5.73 Å². The summed E-state index contributed by atoms with van der Waals surface area (Å²) in [5, 5.41) is 4.05. The van der Waals surface area contributed by atoms with Gasteiger partial charge in [0.1, 0.15) is 6.10 Å². The molecule has 2 N–H and O–H groups in total. The molecule has 1 heterocycles. The Bertz CT molecular complexity index is 594. The van der Waals surface area contributed by atoms with Gasteiger partial charge in [0.25, 0.3) is 0 Å². The van der Waals surface area contributed by atoms with Crippen LogP contribution in [0.15, 0.2) is 47.0 Å². The van der Waals surface area contributed by atoms with E-state index in [-0.39, 0.29) is 18.1 Å². The smallest absolute Gasteiger partial charge is 0.233 e. The van der Waals surface area contributed by atoms with Crippen LogP contribution < -0.4 is 5.73 Å². The second-order valence-electron chi connectivity index (χ2n) is 4.91. The summed E-state index contributed by atoms with van der Waals surface area (Å²) in [7, 11) is 1.64. The number of hydrogen-bond acceptors (Lipinski definition) is 5. The van der Waals surface area contributed by atoms with Gasteiger partial charge in [-0.15, -0.1) is 0 Å². The Morgan fingerprint density at radius 3 is 2.75 bits per heavy atom. The largest absolute Gasteiger partial charge is 0.369 e. The van der Waals surface area contributed by atoms with Crippen LogP contribution in [0.2, 0.25) is 0 Å². The fourth-order valence-electron chi connectivity index (χ4n) is 2.43. The van der Waals surface area contributed by atoms with Crippen molar-refractivity contribution in [1.29, 1.82) is 0 Å². The van der Waals surface area contributed by atoms with Crippen LogP contribution in [-0.4, -0.2) is 23.3 Å². The van der Waals surface area contributed by atoms with Crippen LogP contribution in [0.4, 0.5) is 0 Å². The standard InChI is InChI=1S/C15H17N3O2/c1-19-13(10-5-3-2-4-6-10)14-17-15(20-18-14)11-7-8-12(16)9-11/h2-8,11-13H,9,16H2,1H3. The highest BCUT2D eigenvalue weighted by molar-refractivity contribution is 5.23. The van der Waals surface area contributed by atoms with E-state index in [1.165, 1.54) is 0 Å². The average Bonchev–Trinajstić information content (AvgIpc) is 3.10. The van der Waals surface area contributed by atoms with E-state index < -0.39 is 0 Å². The summed E-state index contributed by atoms with van der Waals surface area (Å²) in [5.74, 6) is 1.25. The molecule has 20 heavy (non-hydrogen) atoms. The number of aromatic nitrogens is 2. The molecule has 5 heteroatoms. The Labute approximate surface area is 117 Å². The third kappa shape index (κ3) is 2.50. The summed E-state index contributed by atoms with van der Waals surface area (Å²) in [6, 6.07) is 9.92. The molecule has 0 fully saturated rings. The van der Waals surface area contributed by atoms with Gasteiger partial charge in [0.05, 0.1) is 5.92 Å². The number of nitrogens with zero attached hydrogens (tertiary/aromatic N) is 2. The van der Waals surface area contributed by atoms with Gasteiger partial charge in [0.15, 0.2) is 0 Å². The second kappa shape index (κ2) is 5.56. The monoisotopic (exact) mass is 271 g/mol. The van der Waals surface area contributed by atoms with E-state index in [0.29, 0.717) is 11.7 Å². The van der Waals surface area contributed by atoms with Gasteiger partial charge in [0, 0.05) is 13.2 Å². The highest BCUT2D eigenvalue weighted by atomic mass is 16.5. The molecule has 5 nitrogen and oxygen atoms in total. The Kier molecular flexibility index (Phi) is 3.62. The lowest BCUT2D eigenvalue weighted by Gasteiger charge is -2.11. The van der Waals surface area contributed by atoms with Crippen molar-refractivity contribution in [2.75, 3.05) is 7.11 Å². The van der Waals surface area contributed by atoms with Crippen LogP contribution >= 0.6 is 0 Å². The third-order valence-corrected chi connectivity index (χ3v) is 3.46. The first-order valence-corrected chi connectivity index (χ1v) is 6.63. The zero-order chi connectivity index (χ0) is 13.9. The van der Waals surface area contributed by atoms with Gasteiger partial charge in [-0.2, -0.15) is 4.98 Å². The highest BCUT2D eigenvalue weighted by Gasteiger charge is 2.26. The van der Waals surface area contributed by atoms with Gasteiger partial charge in [0.2, 0.25) is 11.7 Å². The van der Waals surface area contributed by atoms with Crippen LogP contribution in [0, 0.1) is 0 Å². The Hall–Kier alpha value is -1.98. The molecule has 3 atom stereocenters. The van der Waals surface area contributed by atoms with Gasteiger partial charge in [-0.25, -0.2) is 0 Å². The molecule has 1 aromatic carbocycles. The van der Waals surface area contributed by atoms with Crippen molar-refractivity contribution in [2.45, 2.75) is 24.5 Å². The van der Waals surface area contributed by atoms with Gasteiger partial charge < -0.3 is 15.0 Å². The van der Waals surface area contributed by atoms with Crippen molar-refractivity contribution in [3.63, 3.8) is 0 Å². The van der Waals surface area contributed by atoms with Crippen molar-refractivity contribution in [1.82, 2.24) is 10.1 Å². The number of nitrogens with two attached hydrogens (primary N) is 1. The SMILES string of the molecule is COC(c1ccccc1)c1noc(C2C=CC(N)C2)n1. The van der Waals surface area contributed by atoms with Gasteiger partial charge in [-0.1, -0.05) is 47.6 Å². The molecule has 0 aliphatic heterocycles. The lowest BCUT2D eigenvalue weighted by Crippen LogP contribution is -2.14. The molecular weight excluding hydrogens is 254 g/mol. The quantitative estimate of drug-likeness (QED) is 0.863. The zero-order valence-electron chi connectivity index (χ0n) is 11.3. The lowest BCUT2D eigenvalue weighted by molar-refractivity contribution is 0.126.